The standard InChI is InChI=1S/C12H18N4S/c1-4-16-8-10(6-15-16)11-7-14-12(17-11)13-5-9(2)3/h6-9H,4-5H2,1-3H3,(H,13,14). The lowest BCUT2D eigenvalue weighted by atomic mass is 10.2. The van der Waals surface area contributed by atoms with E-state index in [1.54, 1.807) is 11.3 Å². The number of aryl methyl sites for hydroxylation is 1. The van der Waals surface area contributed by atoms with Gasteiger partial charge in [0.15, 0.2) is 5.13 Å². The molecule has 0 aliphatic carbocycles. The van der Waals surface area contributed by atoms with E-state index in [0.29, 0.717) is 5.92 Å². The van der Waals surface area contributed by atoms with E-state index in [2.05, 4.69) is 42.4 Å². The highest BCUT2D eigenvalue weighted by Gasteiger charge is 2.06. The van der Waals surface area contributed by atoms with Gasteiger partial charge >= 0.3 is 0 Å². The normalized spacial score (nSPS) is 11.1. The van der Waals surface area contributed by atoms with Crippen LogP contribution in [-0.2, 0) is 6.54 Å². The van der Waals surface area contributed by atoms with Crippen LogP contribution < -0.4 is 5.32 Å². The van der Waals surface area contributed by atoms with E-state index in [9.17, 15) is 0 Å². The highest BCUT2D eigenvalue weighted by atomic mass is 32.1. The minimum Gasteiger partial charge on any atom is -0.361 e. The van der Waals surface area contributed by atoms with E-state index >= 15 is 0 Å². The van der Waals surface area contributed by atoms with Crippen molar-refractivity contribution in [3.05, 3.63) is 18.6 Å². The Hall–Kier alpha value is -1.36. The summed E-state index contributed by atoms with van der Waals surface area (Å²) in [6.07, 6.45) is 5.85. The maximum absolute atomic E-state index is 4.37. The van der Waals surface area contributed by atoms with E-state index in [1.165, 1.54) is 0 Å². The van der Waals surface area contributed by atoms with E-state index < -0.39 is 0 Å². The largest absolute Gasteiger partial charge is 0.361 e. The van der Waals surface area contributed by atoms with Crippen LogP contribution in [0.2, 0.25) is 0 Å². The molecule has 2 rings (SSSR count). The summed E-state index contributed by atoms with van der Waals surface area (Å²) in [7, 11) is 0. The Bertz CT molecular complexity index is 472. The first-order chi connectivity index (χ1) is 8.19. The van der Waals surface area contributed by atoms with Crippen molar-refractivity contribution >= 4 is 16.5 Å². The number of nitrogens with zero attached hydrogens (tertiary/aromatic N) is 3. The minimum atomic E-state index is 0.630. The highest BCUT2D eigenvalue weighted by Crippen LogP contribution is 2.28. The van der Waals surface area contributed by atoms with Crippen molar-refractivity contribution in [1.82, 2.24) is 14.8 Å². The Morgan fingerprint density at radius 2 is 2.24 bits per heavy atom. The Kier molecular flexibility index (Phi) is 3.78. The molecule has 2 aromatic rings. The Balaban J connectivity index is 2.07. The van der Waals surface area contributed by atoms with Gasteiger partial charge in [0.2, 0.25) is 0 Å². The summed E-state index contributed by atoms with van der Waals surface area (Å²) in [5.74, 6) is 0.630. The van der Waals surface area contributed by atoms with Gasteiger partial charge in [0.1, 0.15) is 0 Å². The molecule has 0 aliphatic rings. The third kappa shape index (κ3) is 3.06. The van der Waals surface area contributed by atoms with E-state index in [-0.39, 0.29) is 0 Å². The summed E-state index contributed by atoms with van der Waals surface area (Å²) in [6, 6.07) is 0. The molecule has 0 amide bonds. The predicted octanol–water partition coefficient (Wildman–Crippen LogP) is 3.09. The van der Waals surface area contributed by atoms with Gasteiger partial charge in [0.05, 0.1) is 11.1 Å². The van der Waals surface area contributed by atoms with Crippen LogP contribution in [0.4, 0.5) is 5.13 Å². The van der Waals surface area contributed by atoms with Crippen LogP contribution in [0.5, 0.6) is 0 Å². The number of hydrogen-bond donors (Lipinski definition) is 1. The first-order valence-corrected chi connectivity index (χ1v) is 6.73. The van der Waals surface area contributed by atoms with Crippen LogP contribution in [0.25, 0.3) is 10.4 Å². The second kappa shape index (κ2) is 5.31. The lowest BCUT2D eigenvalue weighted by Gasteiger charge is -2.04. The Morgan fingerprint density at radius 3 is 2.88 bits per heavy atom. The number of nitrogens with one attached hydrogen (secondary N) is 1. The fourth-order valence-electron chi connectivity index (χ4n) is 1.44. The average molecular weight is 250 g/mol. The zero-order valence-corrected chi connectivity index (χ0v) is 11.3. The van der Waals surface area contributed by atoms with Gasteiger partial charge in [-0.15, -0.1) is 0 Å². The summed E-state index contributed by atoms with van der Waals surface area (Å²) in [6.45, 7) is 8.32. The molecule has 0 radical (unpaired) electrons. The van der Waals surface area contributed by atoms with Gasteiger partial charge in [-0.1, -0.05) is 25.2 Å². The highest BCUT2D eigenvalue weighted by molar-refractivity contribution is 7.18. The van der Waals surface area contributed by atoms with Crippen LogP contribution in [0.1, 0.15) is 20.8 Å². The quantitative estimate of drug-likeness (QED) is 0.886. The zero-order valence-electron chi connectivity index (χ0n) is 10.5. The van der Waals surface area contributed by atoms with E-state index in [4.69, 9.17) is 0 Å². The van der Waals surface area contributed by atoms with Gasteiger partial charge < -0.3 is 5.32 Å². The van der Waals surface area contributed by atoms with Crippen molar-refractivity contribution in [2.75, 3.05) is 11.9 Å². The molecule has 0 spiro atoms. The predicted molar refractivity (Wildman–Crippen MR) is 72.3 cm³/mol. The third-order valence-electron chi connectivity index (χ3n) is 2.41. The van der Waals surface area contributed by atoms with Crippen molar-refractivity contribution in [2.24, 2.45) is 5.92 Å². The summed E-state index contributed by atoms with van der Waals surface area (Å²) < 4.78 is 1.93. The van der Waals surface area contributed by atoms with Gasteiger partial charge in [-0.3, -0.25) is 4.68 Å². The van der Waals surface area contributed by atoms with Gasteiger partial charge in [-0.2, -0.15) is 5.10 Å². The summed E-state index contributed by atoms with van der Waals surface area (Å²) in [5.41, 5.74) is 1.14. The molecule has 0 unspecified atom stereocenters. The maximum atomic E-state index is 4.37. The molecule has 2 heterocycles. The molecule has 0 aliphatic heterocycles. The van der Waals surface area contributed by atoms with Crippen LogP contribution >= 0.6 is 11.3 Å². The monoisotopic (exact) mass is 250 g/mol. The van der Waals surface area contributed by atoms with Gasteiger partial charge in [0, 0.05) is 31.0 Å². The molecule has 1 N–H and O–H groups in total. The molecule has 0 fully saturated rings. The van der Waals surface area contributed by atoms with Crippen molar-refractivity contribution < 1.29 is 0 Å². The summed E-state index contributed by atoms with van der Waals surface area (Å²) in [5, 5.41) is 8.59. The zero-order chi connectivity index (χ0) is 12.3. The first kappa shape index (κ1) is 12.1. The average Bonchev–Trinajstić information content (AvgIpc) is 2.94. The molecule has 0 saturated carbocycles. The van der Waals surface area contributed by atoms with Crippen molar-refractivity contribution in [3.8, 4) is 10.4 Å². The molecular weight excluding hydrogens is 232 g/mol. The van der Waals surface area contributed by atoms with E-state index in [1.807, 2.05) is 17.1 Å². The lowest BCUT2D eigenvalue weighted by molar-refractivity contribution is 0.660. The minimum absolute atomic E-state index is 0.630. The molecule has 4 nitrogen and oxygen atoms in total. The third-order valence-corrected chi connectivity index (χ3v) is 3.41. The fourth-order valence-corrected chi connectivity index (χ4v) is 2.24. The van der Waals surface area contributed by atoms with Gasteiger partial charge in [0.25, 0.3) is 0 Å². The van der Waals surface area contributed by atoms with Crippen LogP contribution in [-0.4, -0.2) is 21.3 Å². The molecule has 5 heteroatoms. The first-order valence-electron chi connectivity index (χ1n) is 5.91. The van der Waals surface area contributed by atoms with Crippen LogP contribution in [0, 0.1) is 5.92 Å². The molecule has 17 heavy (non-hydrogen) atoms. The van der Waals surface area contributed by atoms with Crippen LogP contribution in [0.3, 0.4) is 0 Å². The molecule has 92 valence electrons. The molecule has 0 saturated heterocycles. The number of thiazole rings is 1. The number of rotatable bonds is 5. The number of hydrogen-bond acceptors (Lipinski definition) is 4. The maximum Gasteiger partial charge on any atom is 0.183 e. The smallest absolute Gasteiger partial charge is 0.183 e. The Morgan fingerprint density at radius 1 is 1.41 bits per heavy atom. The number of aromatic nitrogens is 3. The number of anilines is 1. The Labute approximate surface area is 106 Å². The van der Waals surface area contributed by atoms with E-state index in [0.717, 1.165) is 28.7 Å². The molecule has 0 aromatic carbocycles. The second-order valence-corrected chi connectivity index (χ2v) is 5.42. The fraction of sp³-hybridized carbons (Fsp3) is 0.500. The summed E-state index contributed by atoms with van der Waals surface area (Å²) >= 11 is 1.68. The second-order valence-electron chi connectivity index (χ2n) is 4.39. The van der Waals surface area contributed by atoms with Gasteiger partial charge in [-0.25, -0.2) is 4.98 Å². The molecule has 0 atom stereocenters. The molecule has 2 aromatic heterocycles. The topological polar surface area (TPSA) is 42.7 Å². The SMILES string of the molecule is CCn1cc(-c2cnc(NCC(C)C)s2)cn1. The summed E-state index contributed by atoms with van der Waals surface area (Å²) in [4.78, 5) is 5.53. The van der Waals surface area contributed by atoms with Crippen molar-refractivity contribution in [2.45, 2.75) is 27.3 Å². The van der Waals surface area contributed by atoms with Crippen molar-refractivity contribution in [1.29, 1.82) is 0 Å². The van der Waals surface area contributed by atoms with Gasteiger partial charge in [-0.05, 0) is 12.8 Å². The molecular formula is C12H18N4S. The molecule has 0 bridgehead atoms. The van der Waals surface area contributed by atoms with Crippen LogP contribution in [0.15, 0.2) is 18.6 Å². The van der Waals surface area contributed by atoms with Crippen molar-refractivity contribution in [3.63, 3.8) is 0 Å². The lowest BCUT2D eigenvalue weighted by Crippen LogP contribution is -2.07.